The summed E-state index contributed by atoms with van der Waals surface area (Å²) >= 11 is 0. The zero-order valence-electron chi connectivity index (χ0n) is 14.0. The highest BCUT2D eigenvalue weighted by Gasteiger charge is 2.47. The van der Waals surface area contributed by atoms with E-state index in [0.29, 0.717) is 11.5 Å². The molecule has 0 saturated heterocycles. The summed E-state index contributed by atoms with van der Waals surface area (Å²) in [5.41, 5.74) is 0.827. The molecule has 6 atom stereocenters. The maximum atomic E-state index is 10.1. The Bertz CT molecular complexity index is 696. The van der Waals surface area contributed by atoms with Crippen molar-refractivity contribution in [1.29, 1.82) is 0 Å². The third-order valence-corrected chi connectivity index (χ3v) is 4.55. The molecule has 0 heterocycles. The average molecular weight is 361 g/mol. The van der Waals surface area contributed by atoms with E-state index in [4.69, 9.17) is 4.74 Å². The summed E-state index contributed by atoms with van der Waals surface area (Å²) in [6.45, 7) is 0.264. The third kappa shape index (κ3) is 4.04. The van der Waals surface area contributed by atoms with Gasteiger partial charge in [0.1, 0.15) is 42.0 Å². The molecule has 2 aromatic carbocycles. The molecule has 1 fully saturated rings. The van der Waals surface area contributed by atoms with Gasteiger partial charge in [0.05, 0.1) is 6.04 Å². The van der Waals surface area contributed by atoms with Crippen LogP contribution in [-0.4, -0.2) is 62.1 Å². The van der Waals surface area contributed by atoms with E-state index in [1.165, 1.54) is 0 Å². The summed E-state index contributed by atoms with van der Waals surface area (Å²) < 4.78 is 5.76. The standard InChI is InChI=1S/C19H23NO6/c21-15-14(16(22)18(24)19(25)17(15)23)20-10-11-5-4-8-13(9-11)26-12-6-2-1-3-7-12/h1-9,14-25H,10H2/t14?,15-,16+,17+,18-,19?. The van der Waals surface area contributed by atoms with Crippen molar-refractivity contribution in [2.45, 2.75) is 43.1 Å². The van der Waals surface area contributed by atoms with E-state index >= 15 is 0 Å². The van der Waals surface area contributed by atoms with Crippen molar-refractivity contribution in [2.75, 3.05) is 0 Å². The lowest BCUT2D eigenvalue weighted by Gasteiger charge is -2.42. The Balaban J connectivity index is 1.65. The molecule has 0 radical (unpaired) electrons. The monoisotopic (exact) mass is 361 g/mol. The molecule has 7 nitrogen and oxygen atoms in total. The number of ether oxygens (including phenoxy) is 1. The highest BCUT2D eigenvalue weighted by Crippen LogP contribution is 2.24. The fourth-order valence-corrected chi connectivity index (χ4v) is 3.05. The van der Waals surface area contributed by atoms with E-state index in [-0.39, 0.29) is 6.54 Å². The van der Waals surface area contributed by atoms with Gasteiger partial charge in [0, 0.05) is 6.54 Å². The fourth-order valence-electron chi connectivity index (χ4n) is 3.05. The molecule has 0 spiro atoms. The number of aliphatic hydroxyl groups excluding tert-OH is 5. The molecular formula is C19H23NO6. The van der Waals surface area contributed by atoms with Crippen LogP contribution in [0.3, 0.4) is 0 Å². The molecule has 1 aliphatic carbocycles. The quantitative estimate of drug-likeness (QED) is 0.434. The molecule has 2 unspecified atom stereocenters. The second kappa shape index (κ2) is 8.13. The van der Waals surface area contributed by atoms with Gasteiger partial charge in [-0.1, -0.05) is 30.3 Å². The molecule has 6 N–H and O–H groups in total. The van der Waals surface area contributed by atoms with Gasteiger partial charge >= 0.3 is 0 Å². The SMILES string of the molecule is OC1[C@@H](O)[C@H](O)C(NCc2cccc(Oc3ccccc3)c2)[C@H](O)[C@H]1O. The van der Waals surface area contributed by atoms with Crippen molar-refractivity contribution < 1.29 is 30.3 Å². The molecule has 0 aromatic heterocycles. The molecule has 26 heavy (non-hydrogen) atoms. The Labute approximate surface area is 151 Å². The van der Waals surface area contributed by atoms with Crippen LogP contribution in [0.5, 0.6) is 11.5 Å². The largest absolute Gasteiger partial charge is 0.457 e. The molecule has 7 heteroatoms. The van der Waals surface area contributed by atoms with Gasteiger partial charge in [0.25, 0.3) is 0 Å². The Kier molecular flexibility index (Phi) is 5.87. The van der Waals surface area contributed by atoms with Crippen LogP contribution in [0.15, 0.2) is 54.6 Å². The van der Waals surface area contributed by atoms with Gasteiger partial charge in [0.15, 0.2) is 0 Å². The van der Waals surface area contributed by atoms with Crippen LogP contribution in [0.2, 0.25) is 0 Å². The number of para-hydroxylation sites is 1. The fraction of sp³-hybridized carbons (Fsp3) is 0.368. The van der Waals surface area contributed by atoms with Gasteiger partial charge in [-0.3, -0.25) is 0 Å². The van der Waals surface area contributed by atoms with Crippen LogP contribution >= 0.6 is 0 Å². The van der Waals surface area contributed by atoms with Crippen LogP contribution in [0, 0.1) is 0 Å². The highest BCUT2D eigenvalue weighted by atomic mass is 16.5. The molecule has 2 aromatic rings. The van der Waals surface area contributed by atoms with Crippen molar-refractivity contribution in [3.8, 4) is 11.5 Å². The average Bonchev–Trinajstić information content (AvgIpc) is 2.66. The summed E-state index contributed by atoms with van der Waals surface area (Å²) in [5.74, 6) is 1.34. The molecule has 1 saturated carbocycles. The van der Waals surface area contributed by atoms with Gasteiger partial charge < -0.3 is 35.6 Å². The maximum Gasteiger partial charge on any atom is 0.127 e. The van der Waals surface area contributed by atoms with Gasteiger partial charge in [-0.15, -0.1) is 0 Å². The third-order valence-electron chi connectivity index (χ3n) is 4.55. The summed E-state index contributed by atoms with van der Waals surface area (Å²) in [7, 11) is 0. The summed E-state index contributed by atoms with van der Waals surface area (Å²) in [4.78, 5) is 0. The van der Waals surface area contributed by atoms with E-state index in [1.807, 2.05) is 54.6 Å². The first-order chi connectivity index (χ1) is 12.5. The summed E-state index contributed by atoms with van der Waals surface area (Å²) in [6, 6.07) is 15.6. The van der Waals surface area contributed by atoms with Crippen molar-refractivity contribution in [3.63, 3.8) is 0 Å². The van der Waals surface area contributed by atoms with E-state index in [2.05, 4.69) is 5.32 Å². The minimum absolute atomic E-state index is 0.264. The van der Waals surface area contributed by atoms with E-state index in [1.54, 1.807) is 0 Å². The van der Waals surface area contributed by atoms with Crippen molar-refractivity contribution in [2.24, 2.45) is 0 Å². The molecule has 0 aliphatic heterocycles. The smallest absolute Gasteiger partial charge is 0.127 e. The predicted octanol–water partition coefficient (Wildman–Crippen LogP) is -0.245. The number of aliphatic hydroxyl groups is 5. The molecule has 0 amide bonds. The molecule has 140 valence electrons. The second-order valence-corrected chi connectivity index (χ2v) is 6.42. The Morgan fingerprint density at radius 1 is 0.692 bits per heavy atom. The van der Waals surface area contributed by atoms with Gasteiger partial charge in [-0.2, -0.15) is 0 Å². The van der Waals surface area contributed by atoms with Crippen LogP contribution < -0.4 is 10.1 Å². The topological polar surface area (TPSA) is 122 Å². The second-order valence-electron chi connectivity index (χ2n) is 6.42. The number of rotatable bonds is 5. The van der Waals surface area contributed by atoms with Gasteiger partial charge in [-0.25, -0.2) is 0 Å². The molecule has 3 rings (SSSR count). The molecule has 1 aliphatic rings. The minimum atomic E-state index is -1.60. The first-order valence-electron chi connectivity index (χ1n) is 8.43. The first kappa shape index (κ1) is 18.8. The van der Waals surface area contributed by atoms with Crippen molar-refractivity contribution >= 4 is 0 Å². The van der Waals surface area contributed by atoms with Crippen molar-refractivity contribution in [1.82, 2.24) is 5.32 Å². The lowest BCUT2D eigenvalue weighted by Crippen LogP contribution is -2.67. The lowest BCUT2D eigenvalue weighted by atomic mass is 9.83. The number of hydrogen-bond acceptors (Lipinski definition) is 7. The molecule has 0 bridgehead atoms. The van der Waals surface area contributed by atoms with Crippen LogP contribution in [0.25, 0.3) is 0 Å². The number of nitrogens with one attached hydrogen (secondary N) is 1. The van der Waals surface area contributed by atoms with E-state index in [0.717, 1.165) is 5.56 Å². The lowest BCUT2D eigenvalue weighted by molar-refractivity contribution is -0.190. The zero-order chi connectivity index (χ0) is 18.7. The van der Waals surface area contributed by atoms with Crippen LogP contribution in [0.1, 0.15) is 5.56 Å². The van der Waals surface area contributed by atoms with E-state index in [9.17, 15) is 25.5 Å². The molecular weight excluding hydrogens is 338 g/mol. The Hall–Kier alpha value is -2.00. The normalized spacial score (nSPS) is 31.6. The first-order valence-corrected chi connectivity index (χ1v) is 8.43. The Morgan fingerprint density at radius 2 is 1.27 bits per heavy atom. The van der Waals surface area contributed by atoms with Crippen LogP contribution in [0.4, 0.5) is 0 Å². The predicted molar refractivity (Wildman–Crippen MR) is 93.6 cm³/mol. The number of benzene rings is 2. The van der Waals surface area contributed by atoms with Gasteiger partial charge in [-0.05, 0) is 29.8 Å². The number of hydrogen-bond donors (Lipinski definition) is 6. The zero-order valence-corrected chi connectivity index (χ0v) is 14.0. The summed E-state index contributed by atoms with van der Waals surface area (Å²) in [5, 5.41) is 52.2. The van der Waals surface area contributed by atoms with E-state index < -0.39 is 36.6 Å². The maximum absolute atomic E-state index is 10.1. The summed E-state index contributed by atoms with van der Waals surface area (Å²) in [6.07, 6.45) is -7.50. The Morgan fingerprint density at radius 3 is 1.92 bits per heavy atom. The van der Waals surface area contributed by atoms with Gasteiger partial charge in [0.2, 0.25) is 0 Å². The van der Waals surface area contributed by atoms with Crippen LogP contribution in [-0.2, 0) is 6.54 Å². The van der Waals surface area contributed by atoms with Crippen molar-refractivity contribution in [3.05, 3.63) is 60.2 Å². The highest BCUT2D eigenvalue weighted by molar-refractivity contribution is 5.33. The minimum Gasteiger partial charge on any atom is -0.457 e.